The van der Waals surface area contributed by atoms with Crippen molar-refractivity contribution in [3.8, 4) is 0 Å². The number of hydrogen-bond donors (Lipinski definition) is 2. The zero-order chi connectivity index (χ0) is 14.2. The molecule has 0 saturated heterocycles. The summed E-state index contributed by atoms with van der Waals surface area (Å²) >= 11 is 0. The van der Waals surface area contributed by atoms with E-state index in [9.17, 15) is 14.0 Å². The number of nitrogens with one attached hydrogen (secondary N) is 1. The first-order valence-electron chi connectivity index (χ1n) is 6.16. The average Bonchev–Trinajstić information content (AvgIpc) is 3.13. The maximum atomic E-state index is 13.4. The molecule has 102 valence electrons. The van der Waals surface area contributed by atoms with Gasteiger partial charge < -0.3 is 10.4 Å². The highest BCUT2D eigenvalue weighted by atomic mass is 19.1. The van der Waals surface area contributed by atoms with Crippen molar-refractivity contribution >= 4 is 11.9 Å². The molecule has 1 fully saturated rings. The van der Waals surface area contributed by atoms with Gasteiger partial charge in [0.1, 0.15) is 5.82 Å². The molecule has 1 aliphatic carbocycles. The summed E-state index contributed by atoms with van der Waals surface area (Å²) in [5, 5.41) is 11.4. The van der Waals surface area contributed by atoms with Crippen molar-refractivity contribution in [3.05, 3.63) is 34.6 Å². The number of halogens is 1. The molecule has 0 bridgehead atoms. The predicted molar refractivity (Wildman–Crippen MR) is 67.0 cm³/mol. The zero-order valence-corrected chi connectivity index (χ0v) is 10.9. The van der Waals surface area contributed by atoms with Crippen LogP contribution in [-0.2, 0) is 16.1 Å². The third kappa shape index (κ3) is 2.92. The van der Waals surface area contributed by atoms with Gasteiger partial charge in [0.15, 0.2) is 0 Å². The van der Waals surface area contributed by atoms with Crippen LogP contribution < -0.4 is 5.32 Å². The van der Waals surface area contributed by atoms with Crippen LogP contribution in [-0.4, -0.2) is 17.0 Å². The minimum atomic E-state index is -0.923. The fraction of sp³-hybridized carbons (Fsp3) is 0.429. The first-order valence-corrected chi connectivity index (χ1v) is 6.16. The largest absolute Gasteiger partial charge is 0.481 e. The third-order valence-corrected chi connectivity index (χ3v) is 3.41. The Labute approximate surface area is 110 Å². The number of hydrogen-bond acceptors (Lipinski definition) is 2. The molecule has 0 heterocycles. The van der Waals surface area contributed by atoms with E-state index in [-0.39, 0.29) is 11.7 Å². The molecular formula is C14H16FNO3. The Morgan fingerprint density at radius 1 is 1.32 bits per heavy atom. The van der Waals surface area contributed by atoms with Crippen molar-refractivity contribution < 1.29 is 19.1 Å². The van der Waals surface area contributed by atoms with E-state index in [2.05, 4.69) is 5.32 Å². The molecule has 1 aromatic carbocycles. The van der Waals surface area contributed by atoms with Gasteiger partial charge in [-0.3, -0.25) is 9.59 Å². The molecule has 2 rings (SSSR count). The summed E-state index contributed by atoms with van der Waals surface area (Å²) in [6, 6.07) is 3.37. The Morgan fingerprint density at radius 2 is 1.89 bits per heavy atom. The van der Waals surface area contributed by atoms with Gasteiger partial charge in [0.05, 0.1) is 11.8 Å². The van der Waals surface area contributed by atoms with Crippen LogP contribution in [0.3, 0.4) is 0 Å². The maximum absolute atomic E-state index is 13.4. The Kier molecular flexibility index (Phi) is 3.55. The van der Waals surface area contributed by atoms with Gasteiger partial charge in [0.2, 0.25) is 5.91 Å². The van der Waals surface area contributed by atoms with Gasteiger partial charge in [-0.05, 0) is 37.0 Å². The topological polar surface area (TPSA) is 66.4 Å². The Balaban J connectivity index is 1.93. The van der Waals surface area contributed by atoms with E-state index in [1.165, 1.54) is 0 Å². The molecule has 2 atom stereocenters. The van der Waals surface area contributed by atoms with E-state index in [1.54, 1.807) is 26.0 Å². The fourth-order valence-electron chi connectivity index (χ4n) is 2.22. The highest BCUT2D eigenvalue weighted by Crippen LogP contribution is 2.38. The fourth-order valence-corrected chi connectivity index (χ4v) is 2.22. The summed E-state index contributed by atoms with van der Waals surface area (Å²) in [4.78, 5) is 22.3. The number of benzene rings is 1. The van der Waals surface area contributed by atoms with Gasteiger partial charge in [-0.15, -0.1) is 0 Å². The molecule has 4 nitrogen and oxygen atoms in total. The van der Waals surface area contributed by atoms with Crippen molar-refractivity contribution in [1.82, 2.24) is 5.32 Å². The Bertz CT molecular complexity index is 518. The van der Waals surface area contributed by atoms with E-state index in [1.807, 2.05) is 0 Å². The van der Waals surface area contributed by atoms with Crippen LogP contribution in [0, 0.1) is 31.5 Å². The van der Waals surface area contributed by atoms with Crippen LogP contribution in [0.1, 0.15) is 23.1 Å². The molecule has 0 radical (unpaired) electrons. The molecule has 1 aromatic rings. The summed E-state index contributed by atoms with van der Waals surface area (Å²) in [6.45, 7) is 3.65. The second-order valence-electron chi connectivity index (χ2n) is 5.05. The van der Waals surface area contributed by atoms with Crippen molar-refractivity contribution in [2.75, 3.05) is 0 Å². The Morgan fingerprint density at radius 3 is 2.37 bits per heavy atom. The second-order valence-corrected chi connectivity index (χ2v) is 5.05. The molecule has 0 spiro atoms. The number of carbonyl (C=O) groups is 2. The molecule has 5 heteroatoms. The lowest BCUT2D eigenvalue weighted by Gasteiger charge is -2.08. The van der Waals surface area contributed by atoms with Gasteiger partial charge in [-0.1, -0.05) is 12.1 Å². The molecule has 2 N–H and O–H groups in total. The number of carbonyl (C=O) groups excluding carboxylic acids is 1. The number of carboxylic acids is 1. The van der Waals surface area contributed by atoms with Crippen LogP contribution in [0.25, 0.3) is 0 Å². The number of carboxylic acid groups (broad SMARTS) is 1. The smallest absolute Gasteiger partial charge is 0.307 e. The maximum Gasteiger partial charge on any atom is 0.307 e. The van der Waals surface area contributed by atoms with Gasteiger partial charge in [0.25, 0.3) is 0 Å². The quantitative estimate of drug-likeness (QED) is 0.872. The molecule has 0 aliphatic heterocycles. The van der Waals surface area contributed by atoms with Crippen LogP contribution in [0.5, 0.6) is 0 Å². The van der Waals surface area contributed by atoms with Crippen molar-refractivity contribution in [2.24, 2.45) is 11.8 Å². The standard InChI is InChI=1S/C14H16FNO3/c1-7-3-9(4-8(2)12(7)15)6-16-13(17)10-5-11(10)14(18)19/h3-4,10-11H,5-6H2,1-2H3,(H,16,17)(H,18,19). The molecule has 1 aliphatic rings. The summed E-state index contributed by atoms with van der Waals surface area (Å²) < 4.78 is 13.4. The van der Waals surface area contributed by atoms with Crippen LogP contribution in [0.15, 0.2) is 12.1 Å². The Hall–Kier alpha value is -1.91. The third-order valence-electron chi connectivity index (χ3n) is 3.41. The van der Waals surface area contributed by atoms with Crippen LogP contribution >= 0.6 is 0 Å². The number of aliphatic carboxylic acids is 1. The van der Waals surface area contributed by atoms with Crippen LogP contribution in [0.4, 0.5) is 4.39 Å². The minimum absolute atomic E-state index is 0.233. The van der Waals surface area contributed by atoms with Gasteiger partial charge in [-0.25, -0.2) is 4.39 Å². The van der Waals surface area contributed by atoms with E-state index < -0.39 is 17.8 Å². The SMILES string of the molecule is Cc1cc(CNC(=O)C2CC2C(=O)O)cc(C)c1F. The normalized spacial score (nSPS) is 21.0. The lowest BCUT2D eigenvalue weighted by Crippen LogP contribution is -2.26. The highest BCUT2D eigenvalue weighted by molar-refractivity contribution is 5.89. The van der Waals surface area contributed by atoms with Gasteiger partial charge in [0, 0.05) is 6.54 Å². The number of aryl methyl sites for hydroxylation is 2. The van der Waals surface area contributed by atoms with Gasteiger partial charge >= 0.3 is 5.97 Å². The zero-order valence-electron chi connectivity index (χ0n) is 10.9. The van der Waals surface area contributed by atoms with E-state index in [0.717, 1.165) is 5.56 Å². The van der Waals surface area contributed by atoms with Crippen molar-refractivity contribution in [3.63, 3.8) is 0 Å². The number of amides is 1. The molecule has 1 amide bonds. The molecule has 2 unspecified atom stereocenters. The average molecular weight is 265 g/mol. The highest BCUT2D eigenvalue weighted by Gasteiger charge is 2.48. The molecule has 0 aromatic heterocycles. The molecule has 19 heavy (non-hydrogen) atoms. The van der Waals surface area contributed by atoms with E-state index in [4.69, 9.17) is 5.11 Å². The number of rotatable bonds is 4. The van der Waals surface area contributed by atoms with Crippen LogP contribution in [0.2, 0.25) is 0 Å². The van der Waals surface area contributed by atoms with E-state index >= 15 is 0 Å². The van der Waals surface area contributed by atoms with E-state index in [0.29, 0.717) is 24.1 Å². The predicted octanol–water partition coefficient (Wildman–Crippen LogP) is 1.78. The van der Waals surface area contributed by atoms with Crippen molar-refractivity contribution in [2.45, 2.75) is 26.8 Å². The monoisotopic (exact) mass is 265 g/mol. The van der Waals surface area contributed by atoms with Gasteiger partial charge in [-0.2, -0.15) is 0 Å². The minimum Gasteiger partial charge on any atom is -0.481 e. The first kappa shape index (κ1) is 13.5. The summed E-state index contributed by atoms with van der Waals surface area (Å²) in [6.07, 6.45) is 0.405. The lowest BCUT2D eigenvalue weighted by molar-refractivity contribution is -0.140. The second kappa shape index (κ2) is 4.99. The summed E-state index contributed by atoms with van der Waals surface area (Å²) in [7, 11) is 0. The summed E-state index contributed by atoms with van der Waals surface area (Å²) in [5.74, 6) is -2.36. The van der Waals surface area contributed by atoms with Crippen molar-refractivity contribution in [1.29, 1.82) is 0 Å². The molecular weight excluding hydrogens is 249 g/mol. The molecule has 1 saturated carbocycles. The summed E-state index contributed by atoms with van der Waals surface area (Å²) in [5.41, 5.74) is 1.90. The lowest BCUT2D eigenvalue weighted by atomic mass is 10.1. The first-order chi connectivity index (χ1) is 8.90.